The van der Waals surface area contributed by atoms with Gasteiger partial charge in [-0.15, -0.1) is 11.3 Å². The Labute approximate surface area is 197 Å². The van der Waals surface area contributed by atoms with E-state index in [0.29, 0.717) is 16.5 Å². The van der Waals surface area contributed by atoms with Crippen molar-refractivity contribution in [3.05, 3.63) is 74.9 Å². The van der Waals surface area contributed by atoms with Gasteiger partial charge < -0.3 is 9.72 Å². The van der Waals surface area contributed by atoms with Gasteiger partial charge in [-0.2, -0.15) is 0 Å². The maximum absolute atomic E-state index is 12.6. The second-order valence-electron chi connectivity index (χ2n) is 8.53. The van der Waals surface area contributed by atoms with Gasteiger partial charge in [0.25, 0.3) is 0 Å². The number of carbonyl (C=O) groups excluding carboxylic acids is 2. The van der Waals surface area contributed by atoms with E-state index < -0.39 is 5.97 Å². The summed E-state index contributed by atoms with van der Waals surface area (Å²) in [6.45, 7) is 11.6. The first-order valence-electron chi connectivity index (χ1n) is 10.7. The number of aromatic amines is 1. The Hall–Kier alpha value is -3.45. The first kappa shape index (κ1) is 22.7. The molecule has 2 heterocycles. The normalized spacial score (nSPS) is 11.1. The van der Waals surface area contributed by atoms with E-state index in [9.17, 15) is 9.59 Å². The van der Waals surface area contributed by atoms with Gasteiger partial charge in [-0.1, -0.05) is 23.8 Å². The minimum atomic E-state index is -0.438. The highest BCUT2D eigenvalue weighted by molar-refractivity contribution is 7.14. The number of fused-ring (bicyclic) bond motifs is 1. The molecule has 7 heteroatoms. The number of aryl methyl sites for hydroxylation is 5. The van der Waals surface area contributed by atoms with Crippen LogP contribution in [0.4, 0.5) is 10.8 Å². The molecule has 33 heavy (non-hydrogen) atoms. The van der Waals surface area contributed by atoms with Gasteiger partial charge in [-0.3, -0.25) is 9.69 Å². The van der Waals surface area contributed by atoms with Crippen molar-refractivity contribution in [2.24, 2.45) is 0 Å². The van der Waals surface area contributed by atoms with E-state index in [1.54, 1.807) is 4.90 Å². The smallest absolute Gasteiger partial charge is 0.355 e. The Balaban J connectivity index is 1.53. The fourth-order valence-corrected chi connectivity index (χ4v) is 5.16. The lowest BCUT2D eigenvalue weighted by Crippen LogP contribution is -2.24. The second-order valence-corrected chi connectivity index (χ2v) is 9.36. The zero-order valence-corrected chi connectivity index (χ0v) is 20.5. The number of nitrogens with one attached hydrogen (secondary N) is 1. The Bertz CT molecular complexity index is 1360. The molecule has 0 radical (unpaired) electrons. The largest absolute Gasteiger partial charge is 0.454 e. The molecule has 4 aromatic rings. The van der Waals surface area contributed by atoms with Crippen LogP contribution >= 0.6 is 11.3 Å². The number of carbonyl (C=O) groups is 2. The van der Waals surface area contributed by atoms with Crippen LogP contribution in [0.5, 0.6) is 0 Å². The van der Waals surface area contributed by atoms with Crippen molar-refractivity contribution in [2.75, 3.05) is 4.90 Å². The van der Waals surface area contributed by atoms with Crippen LogP contribution in [0.25, 0.3) is 10.9 Å². The van der Waals surface area contributed by atoms with Gasteiger partial charge in [0.05, 0.1) is 11.4 Å². The number of amides is 1. The van der Waals surface area contributed by atoms with Crippen molar-refractivity contribution in [1.29, 1.82) is 0 Å². The van der Waals surface area contributed by atoms with Crippen molar-refractivity contribution >= 4 is 44.9 Å². The molecule has 170 valence electrons. The summed E-state index contributed by atoms with van der Waals surface area (Å²) in [5.74, 6) is -0.557. The maximum Gasteiger partial charge on any atom is 0.355 e. The van der Waals surface area contributed by atoms with Crippen LogP contribution < -0.4 is 4.90 Å². The molecule has 0 atom stereocenters. The summed E-state index contributed by atoms with van der Waals surface area (Å²) in [6.07, 6.45) is 0. The number of thiazole rings is 1. The number of aromatic nitrogens is 2. The number of esters is 1. The SMILES string of the molecule is CC(=O)N(c1nc(COC(=O)c2cc3c(C)cc(C)cc3[nH]2)cs1)c1c(C)cc(C)cc1C. The summed E-state index contributed by atoms with van der Waals surface area (Å²) < 4.78 is 5.51. The Morgan fingerprint density at radius 3 is 2.27 bits per heavy atom. The summed E-state index contributed by atoms with van der Waals surface area (Å²) >= 11 is 1.35. The van der Waals surface area contributed by atoms with Gasteiger partial charge in [-0.25, -0.2) is 9.78 Å². The Kier molecular flexibility index (Phi) is 6.08. The summed E-state index contributed by atoms with van der Waals surface area (Å²) in [5, 5.41) is 3.38. The highest BCUT2D eigenvalue weighted by Crippen LogP contribution is 2.34. The van der Waals surface area contributed by atoms with Gasteiger partial charge in [0, 0.05) is 23.2 Å². The third-order valence-corrected chi connectivity index (χ3v) is 6.44. The number of rotatable bonds is 5. The minimum absolute atomic E-state index is 0.0281. The predicted molar refractivity (Wildman–Crippen MR) is 132 cm³/mol. The molecule has 4 rings (SSSR count). The molecule has 0 saturated carbocycles. The fourth-order valence-electron chi connectivity index (χ4n) is 4.30. The van der Waals surface area contributed by atoms with Crippen LogP contribution in [0, 0.1) is 34.6 Å². The molecule has 0 saturated heterocycles. The first-order valence-corrected chi connectivity index (χ1v) is 11.6. The monoisotopic (exact) mass is 461 g/mol. The van der Waals surface area contributed by atoms with Gasteiger partial charge in [-0.05, 0) is 69.0 Å². The number of hydrogen-bond donors (Lipinski definition) is 1. The third-order valence-electron chi connectivity index (χ3n) is 5.57. The molecule has 1 amide bonds. The Morgan fingerprint density at radius 2 is 1.61 bits per heavy atom. The second kappa shape index (κ2) is 8.83. The van der Waals surface area contributed by atoms with Gasteiger partial charge >= 0.3 is 5.97 Å². The lowest BCUT2D eigenvalue weighted by atomic mass is 10.0. The first-order chi connectivity index (χ1) is 15.6. The molecule has 1 N–H and O–H groups in total. The summed E-state index contributed by atoms with van der Waals surface area (Å²) in [7, 11) is 0. The molecule has 6 nitrogen and oxygen atoms in total. The minimum Gasteiger partial charge on any atom is -0.454 e. The van der Waals surface area contributed by atoms with Crippen molar-refractivity contribution in [2.45, 2.75) is 48.1 Å². The van der Waals surface area contributed by atoms with Crippen molar-refractivity contribution in [1.82, 2.24) is 9.97 Å². The van der Waals surface area contributed by atoms with E-state index in [4.69, 9.17) is 4.74 Å². The molecule has 0 unspecified atom stereocenters. The Morgan fingerprint density at radius 1 is 0.970 bits per heavy atom. The highest BCUT2D eigenvalue weighted by atomic mass is 32.1. The quantitative estimate of drug-likeness (QED) is 0.359. The highest BCUT2D eigenvalue weighted by Gasteiger charge is 2.22. The van der Waals surface area contributed by atoms with E-state index in [2.05, 4.69) is 28.2 Å². The lowest BCUT2D eigenvalue weighted by Gasteiger charge is -2.23. The van der Waals surface area contributed by atoms with E-state index in [-0.39, 0.29) is 12.5 Å². The van der Waals surface area contributed by atoms with Crippen LogP contribution in [0.3, 0.4) is 0 Å². The maximum atomic E-state index is 12.6. The number of H-pyrrole nitrogens is 1. The van der Waals surface area contributed by atoms with E-state index >= 15 is 0 Å². The van der Waals surface area contributed by atoms with Crippen LogP contribution in [0.15, 0.2) is 35.7 Å². The van der Waals surface area contributed by atoms with Crippen LogP contribution in [0.1, 0.15) is 50.9 Å². The van der Waals surface area contributed by atoms with Gasteiger partial charge in [0.15, 0.2) is 5.13 Å². The molecule has 0 fully saturated rings. The summed E-state index contributed by atoms with van der Waals surface area (Å²) in [6, 6.07) is 10.0. The topological polar surface area (TPSA) is 75.3 Å². The molecule has 0 bridgehead atoms. The standard InChI is InChI=1S/C26H27N3O3S/c1-14-8-17(4)24(18(5)9-14)29(19(6)30)26-27-20(13-33-26)12-32-25(31)23-11-21-16(3)7-15(2)10-22(21)28-23/h7-11,13,28H,12H2,1-6H3. The van der Waals surface area contributed by atoms with Crippen molar-refractivity contribution < 1.29 is 14.3 Å². The average molecular weight is 462 g/mol. The molecule has 0 aliphatic heterocycles. The molecular formula is C26H27N3O3S. The molecule has 0 spiro atoms. The predicted octanol–water partition coefficient (Wildman–Crippen LogP) is 6.21. The lowest BCUT2D eigenvalue weighted by molar-refractivity contribution is -0.115. The van der Waals surface area contributed by atoms with E-state index in [1.165, 1.54) is 18.3 Å². The summed E-state index contributed by atoms with van der Waals surface area (Å²) in [5.41, 5.74) is 8.16. The molecule has 0 aliphatic carbocycles. The van der Waals surface area contributed by atoms with Crippen molar-refractivity contribution in [3.63, 3.8) is 0 Å². The zero-order chi connectivity index (χ0) is 23.9. The van der Waals surface area contributed by atoms with Crippen LogP contribution in [-0.4, -0.2) is 21.8 Å². The van der Waals surface area contributed by atoms with E-state index in [0.717, 1.165) is 44.4 Å². The van der Waals surface area contributed by atoms with Gasteiger partial charge in [0.1, 0.15) is 12.3 Å². The molecule has 2 aromatic carbocycles. The zero-order valence-electron chi connectivity index (χ0n) is 19.7. The number of ether oxygens (including phenoxy) is 1. The number of anilines is 2. The molecule has 2 aromatic heterocycles. The van der Waals surface area contributed by atoms with Crippen molar-refractivity contribution in [3.8, 4) is 0 Å². The number of hydrogen-bond acceptors (Lipinski definition) is 5. The molecular weight excluding hydrogens is 434 g/mol. The molecule has 0 aliphatic rings. The van der Waals surface area contributed by atoms with Gasteiger partial charge in [0.2, 0.25) is 5.91 Å². The number of nitrogens with zero attached hydrogens (tertiary/aromatic N) is 2. The fraction of sp³-hybridized carbons (Fsp3) is 0.269. The summed E-state index contributed by atoms with van der Waals surface area (Å²) in [4.78, 5) is 34.5. The number of benzene rings is 2. The average Bonchev–Trinajstić information content (AvgIpc) is 3.35. The van der Waals surface area contributed by atoms with Crippen LogP contribution in [-0.2, 0) is 16.1 Å². The van der Waals surface area contributed by atoms with Crippen LogP contribution in [0.2, 0.25) is 0 Å². The van der Waals surface area contributed by atoms with E-state index in [1.807, 2.05) is 52.1 Å². The third kappa shape index (κ3) is 4.54.